The van der Waals surface area contributed by atoms with Crippen LogP contribution in [0.5, 0.6) is 0 Å². The number of aromatic nitrogens is 1. The van der Waals surface area contributed by atoms with Crippen LogP contribution in [0.15, 0.2) is 52.2 Å². The molecule has 9 heteroatoms. The molecule has 2 amide bonds. The number of amides is 2. The summed E-state index contributed by atoms with van der Waals surface area (Å²) >= 11 is 6.47. The van der Waals surface area contributed by atoms with Crippen molar-refractivity contribution < 1.29 is 14.0 Å². The minimum absolute atomic E-state index is 0.0137. The highest BCUT2D eigenvalue weighted by Gasteiger charge is 2.37. The van der Waals surface area contributed by atoms with E-state index in [9.17, 15) is 18.8 Å². The Bertz CT molecular complexity index is 1240. The van der Waals surface area contributed by atoms with E-state index in [1.165, 1.54) is 17.0 Å². The number of halogens is 1. The van der Waals surface area contributed by atoms with Gasteiger partial charge in [-0.2, -0.15) is 0 Å². The molecule has 6 nitrogen and oxygen atoms in total. The van der Waals surface area contributed by atoms with Gasteiger partial charge in [0, 0.05) is 55.8 Å². The van der Waals surface area contributed by atoms with E-state index >= 15 is 0 Å². The molecule has 0 spiro atoms. The van der Waals surface area contributed by atoms with E-state index in [1.807, 2.05) is 15.5 Å². The third-order valence-electron chi connectivity index (χ3n) is 6.45. The molecule has 0 aliphatic carbocycles. The summed E-state index contributed by atoms with van der Waals surface area (Å²) in [5.41, 5.74) is 1.33. The monoisotopic (exact) mass is 483 g/mol. The number of pyridine rings is 1. The van der Waals surface area contributed by atoms with Crippen molar-refractivity contribution in [3.8, 4) is 0 Å². The normalized spacial score (nSPS) is 23.2. The minimum atomic E-state index is -0.405. The molecule has 33 heavy (non-hydrogen) atoms. The summed E-state index contributed by atoms with van der Waals surface area (Å²) in [6.45, 7) is 2.01. The van der Waals surface area contributed by atoms with Gasteiger partial charge in [-0.25, -0.2) is 4.39 Å². The molecule has 2 aromatic rings. The standard InChI is InChI=1S/C24H22FN3O3S2/c25-18-5-2-1-4-16(18)11-20-23(31)27(24(32)33-20)9-8-21(29)26-12-15-10-17(14-26)19-6-3-7-22(30)28(19)13-15/h1-7,11,15,17H,8-10,12-14H2/t15-,17+/m1/s1. The highest BCUT2D eigenvalue weighted by Crippen LogP contribution is 2.36. The lowest BCUT2D eigenvalue weighted by atomic mass is 9.83. The van der Waals surface area contributed by atoms with Crippen LogP contribution in [0.3, 0.4) is 0 Å². The van der Waals surface area contributed by atoms with E-state index in [2.05, 4.69) is 0 Å². The molecule has 3 aliphatic rings. The van der Waals surface area contributed by atoms with Gasteiger partial charge in [0.2, 0.25) is 5.91 Å². The van der Waals surface area contributed by atoms with Gasteiger partial charge in [0.25, 0.3) is 11.5 Å². The molecule has 0 unspecified atom stereocenters. The summed E-state index contributed by atoms with van der Waals surface area (Å²) in [4.78, 5) is 41.6. The largest absolute Gasteiger partial charge is 0.342 e. The number of likely N-dealkylation sites (tertiary alicyclic amines) is 1. The van der Waals surface area contributed by atoms with Gasteiger partial charge in [-0.15, -0.1) is 0 Å². The molecule has 2 saturated heterocycles. The van der Waals surface area contributed by atoms with Crippen LogP contribution >= 0.6 is 24.0 Å². The molecule has 2 bridgehead atoms. The number of hydrogen-bond acceptors (Lipinski definition) is 5. The smallest absolute Gasteiger partial charge is 0.266 e. The lowest BCUT2D eigenvalue weighted by molar-refractivity contribution is -0.134. The van der Waals surface area contributed by atoms with Crippen LogP contribution in [-0.4, -0.2) is 50.1 Å². The van der Waals surface area contributed by atoms with Crippen molar-refractivity contribution in [3.05, 3.63) is 74.8 Å². The Hall–Kier alpha value is -2.78. The average molecular weight is 484 g/mol. The van der Waals surface area contributed by atoms with Crippen LogP contribution in [0.2, 0.25) is 0 Å². The number of rotatable bonds is 4. The summed E-state index contributed by atoms with van der Waals surface area (Å²) in [7, 11) is 0. The molecular formula is C24H22FN3O3S2. The van der Waals surface area contributed by atoms with Crippen LogP contribution in [0.4, 0.5) is 4.39 Å². The number of thioether (sulfide) groups is 1. The topological polar surface area (TPSA) is 62.6 Å². The van der Waals surface area contributed by atoms with Crippen LogP contribution in [0.1, 0.15) is 30.0 Å². The molecular weight excluding hydrogens is 461 g/mol. The lowest BCUT2D eigenvalue weighted by Gasteiger charge is -2.42. The number of benzene rings is 1. The highest BCUT2D eigenvalue weighted by atomic mass is 32.2. The maximum atomic E-state index is 14.0. The van der Waals surface area contributed by atoms with Crippen molar-refractivity contribution in [1.82, 2.24) is 14.4 Å². The van der Waals surface area contributed by atoms with Crippen LogP contribution in [0, 0.1) is 11.7 Å². The number of fused-ring (bicyclic) bond motifs is 4. The number of nitrogens with zero attached hydrogens (tertiary/aromatic N) is 3. The van der Waals surface area contributed by atoms with Crippen molar-refractivity contribution in [3.63, 3.8) is 0 Å². The van der Waals surface area contributed by atoms with E-state index in [1.54, 1.807) is 30.3 Å². The second-order valence-electron chi connectivity index (χ2n) is 8.60. The van der Waals surface area contributed by atoms with E-state index in [-0.39, 0.29) is 42.2 Å². The number of carbonyl (C=O) groups is 2. The Morgan fingerprint density at radius 3 is 2.76 bits per heavy atom. The number of piperidine rings is 1. The fourth-order valence-electron chi connectivity index (χ4n) is 4.89. The fourth-order valence-corrected chi connectivity index (χ4v) is 6.19. The first-order valence-electron chi connectivity index (χ1n) is 10.9. The maximum absolute atomic E-state index is 14.0. The van der Waals surface area contributed by atoms with Crippen molar-refractivity contribution in [2.24, 2.45) is 5.92 Å². The second-order valence-corrected chi connectivity index (χ2v) is 10.3. The van der Waals surface area contributed by atoms with Crippen LogP contribution in [0.25, 0.3) is 6.08 Å². The summed E-state index contributed by atoms with van der Waals surface area (Å²) in [6.07, 6.45) is 2.64. The van der Waals surface area contributed by atoms with Gasteiger partial charge in [0.05, 0.1) is 4.91 Å². The first-order chi connectivity index (χ1) is 15.9. The van der Waals surface area contributed by atoms with Crippen molar-refractivity contribution in [2.75, 3.05) is 19.6 Å². The Labute approximate surface area is 200 Å². The average Bonchev–Trinajstić information content (AvgIpc) is 3.06. The summed E-state index contributed by atoms with van der Waals surface area (Å²) < 4.78 is 16.2. The second kappa shape index (κ2) is 8.87. The van der Waals surface area contributed by atoms with Crippen molar-refractivity contribution in [2.45, 2.75) is 25.3 Å². The molecule has 5 rings (SSSR count). The molecule has 2 fully saturated rings. The molecule has 1 aromatic heterocycles. The maximum Gasteiger partial charge on any atom is 0.266 e. The van der Waals surface area contributed by atoms with Gasteiger partial charge in [0.1, 0.15) is 10.1 Å². The van der Waals surface area contributed by atoms with Gasteiger partial charge >= 0.3 is 0 Å². The molecule has 3 aliphatic heterocycles. The van der Waals surface area contributed by atoms with Crippen molar-refractivity contribution in [1.29, 1.82) is 0 Å². The minimum Gasteiger partial charge on any atom is -0.342 e. The van der Waals surface area contributed by atoms with E-state index < -0.39 is 5.82 Å². The zero-order chi connectivity index (χ0) is 23.1. The third-order valence-corrected chi connectivity index (χ3v) is 7.82. The van der Waals surface area contributed by atoms with Gasteiger partial charge in [-0.3, -0.25) is 19.3 Å². The molecule has 0 N–H and O–H groups in total. The first kappa shape index (κ1) is 22.0. The summed E-state index contributed by atoms with van der Waals surface area (Å²) in [6, 6.07) is 11.6. The van der Waals surface area contributed by atoms with Crippen LogP contribution in [-0.2, 0) is 16.1 Å². The van der Waals surface area contributed by atoms with E-state index in [4.69, 9.17) is 12.2 Å². The predicted octanol–water partition coefficient (Wildman–Crippen LogP) is 3.22. The lowest BCUT2D eigenvalue weighted by Crippen LogP contribution is -2.49. The zero-order valence-corrected chi connectivity index (χ0v) is 19.4. The van der Waals surface area contributed by atoms with E-state index in [0.717, 1.165) is 23.9 Å². The Balaban J connectivity index is 1.24. The third kappa shape index (κ3) is 4.27. The quantitative estimate of drug-likeness (QED) is 0.494. The van der Waals surface area contributed by atoms with Gasteiger partial charge in [-0.05, 0) is 30.5 Å². The molecule has 0 saturated carbocycles. The highest BCUT2D eigenvalue weighted by molar-refractivity contribution is 8.26. The van der Waals surface area contributed by atoms with Crippen molar-refractivity contribution >= 4 is 46.2 Å². The summed E-state index contributed by atoms with van der Waals surface area (Å²) in [5.74, 6) is -0.331. The summed E-state index contributed by atoms with van der Waals surface area (Å²) in [5, 5.41) is 0. The van der Waals surface area contributed by atoms with Gasteiger partial charge in [0.15, 0.2) is 0 Å². The fraction of sp³-hybridized carbons (Fsp3) is 0.333. The molecule has 1 aromatic carbocycles. The molecule has 2 atom stereocenters. The number of hydrogen-bond donors (Lipinski definition) is 0. The number of thiocarbonyl (C=S) groups is 1. The van der Waals surface area contributed by atoms with Gasteiger partial charge in [-0.1, -0.05) is 48.2 Å². The number of carbonyl (C=O) groups excluding carboxylic acids is 2. The Morgan fingerprint density at radius 2 is 1.94 bits per heavy atom. The molecule has 4 heterocycles. The zero-order valence-electron chi connectivity index (χ0n) is 17.8. The van der Waals surface area contributed by atoms with Crippen LogP contribution < -0.4 is 5.56 Å². The Morgan fingerprint density at radius 1 is 1.12 bits per heavy atom. The molecule has 0 radical (unpaired) electrons. The SMILES string of the molecule is O=C(CCN1C(=O)C(=Cc2ccccc2F)SC1=S)N1C[C@H]2C[C@@H](C1)c1cccc(=O)n1C2. The molecule has 170 valence electrons. The van der Waals surface area contributed by atoms with E-state index in [0.29, 0.717) is 34.4 Å². The predicted molar refractivity (Wildman–Crippen MR) is 129 cm³/mol. The Kier molecular flexibility index (Phi) is 5.92. The first-order valence-corrected chi connectivity index (χ1v) is 12.1. The van der Waals surface area contributed by atoms with Gasteiger partial charge < -0.3 is 9.47 Å².